The van der Waals surface area contributed by atoms with Crippen molar-refractivity contribution in [2.75, 3.05) is 18.8 Å². The molecule has 0 atom stereocenters. The Morgan fingerprint density at radius 1 is 1.27 bits per heavy atom. The number of anilines is 1. The first-order chi connectivity index (χ1) is 10.4. The molecule has 0 fully saturated rings. The zero-order valence-electron chi connectivity index (χ0n) is 13.6. The fraction of sp³-hybridized carbons (Fsp3) is 0.412. The van der Waals surface area contributed by atoms with Gasteiger partial charge in [-0.05, 0) is 39.8 Å². The quantitative estimate of drug-likeness (QED) is 0.883. The molecule has 2 rings (SSSR count). The molecule has 0 bridgehead atoms. The Bertz CT molecular complexity index is 758. The largest absolute Gasteiger partial charge is 0.398 e. The van der Waals surface area contributed by atoms with Gasteiger partial charge in [-0.3, -0.25) is 9.59 Å². The highest BCUT2D eigenvalue weighted by molar-refractivity contribution is 6.00. The van der Waals surface area contributed by atoms with Crippen molar-refractivity contribution < 1.29 is 4.79 Å². The van der Waals surface area contributed by atoms with Crippen LogP contribution in [0.3, 0.4) is 0 Å². The standard InChI is InChI=1S/C17H23N3O2/c1-5-19(6-2)17(22)12-10-20(11(3)4)14-9-7-8-13(18)15(14)16(12)21/h7-11H,5-6,18H2,1-4H3. The van der Waals surface area contributed by atoms with Gasteiger partial charge >= 0.3 is 0 Å². The molecule has 1 amide bonds. The van der Waals surface area contributed by atoms with Crippen molar-refractivity contribution in [3.63, 3.8) is 0 Å². The molecule has 0 saturated carbocycles. The number of nitrogens with two attached hydrogens (primary N) is 1. The lowest BCUT2D eigenvalue weighted by Gasteiger charge is -2.21. The molecule has 2 aromatic rings. The highest BCUT2D eigenvalue weighted by Gasteiger charge is 2.20. The van der Waals surface area contributed by atoms with Gasteiger partial charge in [-0.2, -0.15) is 0 Å². The Balaban J connectivity index is 2.82. The highest BCUT2D eigenvalue weighted by atomic mass is 16.2. The summed E-state index contributed by atoms with van der Waals surface area (Å²) in [5.74, 6) is -0.241. The normalized spacial score (nSPS) is 11.1. The maximum Gasteiger partial charge on any atom is 0.259 e. The Labute approximate surface area is 130 Å². The molecule has 0 saturated heterocycles. The van der Waals surface area contributed by atoms with E-state index in [-0.39, 0.29) is 22.9 Å². The molecule has 2 N–H and O–H groups in total. The molecule has 0 aliphatic rings. The highest BCUT2D eigenvalue weighted by Crippen LogP contribution is 2.22. The predicted molar refractivity (Wildman–Crippen MR) is 90.3 cm³/mol. The van der Waals surface area contributed by atoms with Gasteiger partial charge in [-0.25, -0.2) is 0 Å². The van der Waals surface area contributed by atoms with Crippen LogP contribution in [0.4, 0.5) is 5.69 Å². The smallest absolute Gasteiger partial charge is 0.259 e. The summed E-state index contributed by atoms with van der Waals surface area (Å²) in [4.78, 5) is 27.0. The van der Waals surface area contributed by atoms with Crippen molar-refractivity contribution in [2.24, 2.45) is 0 Å². The summed E-state index contributed by atoms with van der Waals surface area (Å²) < 4.78 is 1.93. The number of hydrogen-bond acceptors (Lipinski definition) is 3. The van der Waals surface area contributed by atoms with E-state index in [1.807, 2.05) is 44.4 Å². The second-order valence-electron chi connectivity index (χ2n) is 5.59. The van der Waals surface area contributed by atoms with Crippen LogP contribution in [0.15, 0.2) is 29.2 Å². The topological polar surface area (TPSA) is 68.3 Å². The Kier molecular flexibility index (Phi) is 4.54. The fourth-order valence-corrected chi connectivity index (χ4v) is 2.68. The van der Waals surface area contributed by atoms with Crippen molar-refractivity contribution in [1.29, 1.82) is 0 Å². The minimum atomic E-state index is -0.290. The average molecular weight is 301 g/mol. The first kappa shape index (κ1) is 16.1. The monoisotopic (exact) mass is 301 g/mol. The molecule has 5 nitrogen and oxygen atoms in total. The van der Waals surface area contributed by atoms with Crippen molar-refractivity contribution in [2.45, 2.75) is 33.7 Å². The number of amides is 1. The van der Waals surface area contributed by atoms with E-state index in [1.165, 1.54) is 0 Å². The van der Waals surface area contributed by atoms with Gasteiger partial charge in [-0.1, -0.05) is 6.07 Å². The van der Waals surface area contributed by atoms with Crippen LogP contribution in [0.25, 0.3) is 10.9 Å². The number of pyridine rings is 1. The predicted octanol–water partition coefficient (Wildman–Crippen LogP) is 2.65. The van der Waals surface area contributed by atoms with E-state index in [0.29, 0.717) is 24.2 Å². The number of hydrogen-bond donors (Lipinski definition) is 1. The summed E-state index contributed by atoms with van der Waals surface area (Å²) in [6, 6.07) is 5.49. The molecule has 0 unspecified atom stereocenters. The molecule has 1 heterocycles. The molecular formula is C17H23N3O2. The molecule has 0 aliphatic heterocycles. The second-order valence-corrected chi connectivity index (χ2v) is 5.59. The Morgan fingerprint density at radius 2 is 1.91 bits per heavy atom. The zero-order chi connectivity index (χ0) is 16.4. The number of aromatic nitrogens is 1. The van der Waals surface area contributed by atoms with Crippen molar-refractivity contribution in [3.05, 3.63) is 40.2 Å². The number of benzene rings is 1. The summed E-state index contributed by atoms with van der Waals surface area (Å²) in [5, 5.41) is 0.425. The number of nitrogen functional groups attached to an aromatic ring is 1. The number of carbonyl (C=O) groups is 1. The minimum Gasteiger partial charge on any atom is -0.398 e. The Morgan fingerprint density at radius 3 is 2.45 bits per heavy atom. The van der Waals surface area contributed by atoms with E-state index in [0.717, 1.165) is 5.52 Å². The molecule has 0 radical (unpaired) electrons. The number of rotatable bonds is 4. The van der Waals surface area contributed by atoms with Crippen LogP contribution in [0.5, 0.6) is 0 Å². The molecule has 1 aromatic heterocycles. The van der Waals surface area contributed by atoms with Crippen LogP contribution in [-0.2, 0) is 0 Å². The lowest BCUT2D eigenvalue weighted by molar-refractivity contribution is 0.0771. The molecule has 0 spiro atoms. The molecule has 1 aromatic carbocycles. The lowest BCUT2D eigenvalue weighted by atomic mass is 10.1. The van der Waals surface area contributed by atoms with E-state index < -0.39 is 0 Å². The van der Waals surface area contributed by atoms with Gasteiger partial charge in [0.1, 0.15) is 5.56 Å². The molecule has 0 aliphatic carbocycles. The molecule has 5 heteroatoms. The van der Waals surface area contributed by atoms with Gasteiger partial charge in [-0.15, -0.1) is 0 Å². The van der Waals surface area contributed by atoms with Crippen molar-refractivity contribution in [3.8, 4) is 0 Å². The van der Waals surface area contributed by atoms with E-state index >= 15 is 0 Å². The fourth-order valence-electron chi connectivity index (χ4n) is 2.68. The number of nitrogens with zero attached hydrogens (tertiary/aromatic N) is 2. The maximum absolute atomic E-state index is 12.8. The minimum absolute atomic E-state index is 0.119. The number of fused-ring (bicyclic) bond motifs is 1. The van der Waals surface area contributed by atoms with Gasteiger partial charge in [0.05, 0.1) is 10.9 Å². The third kappa shape index (κ3) is 2.58. The summed E-state index contributed by atoms with van der Waals surface area (Å²) in [6.45, 7) is 8.96. The van der Waals surface area contributed by atoms with E-state index in [2.05, 4.69) is 0 Å². The van der Waals surface area contributed by atoms with Crippen LogP contribution >= 0.6 is 0 Å². The summed E-state index contributed by atoms with van der Waals surface area (Å²) in [7, 11) is 0. The summed E-state index contributed by atoms with van der Waals surface area (Å²) in [6.07, 6.45) is 1.66. The molecule has 118 valence electrons. The van der Waals surface area contributed by atoms with Crippen LogP contribution in [0.2, 0.25) is 0 Å². The third-order valence-electron chi connectivity index (χ3n) is 3.93. The van der Waals surface area contributed by atoms with Crippen molar-refractivity contribution >= 4 is 22.5 Å². The van der Waals surface area contributed by atoms with Crippen LogP contribution in [0.1, 0.15) is 44.1 Å². The second kappa shape index (κ2) is 6.22. The SMILES string of the molecule is CCN(CC)C(=O)c1cn(C(C)C)c2cccc(N)c2c1=O. The van der Waals surface area contributed by atoms with Gasteiger partial charge in [0.15, 0.2) is 0 Å². The lowest BCUT2D eigenvalue weighted by Crippen LogP contribution is -2.34. The van der Waals surface area contributed by atoms with Crippen LogP contribution in [-0.4, -0.2) is 28.5 Å². The Hall–Kier alpha value is -2.30. The first-order valence-electron chi connectivity index (χ1n) is 7.64. The zero-order valence-corrected chi connectivity index (χ0v) is 13.6. The third-order valence-corrected chi connectivity index (χ3v) is 3.93. The van der Waals surface area contributed by atoms with E-state index in [1.54, 1.807) is 17.2 Å². The van der Waals surface area contributed by atoms with Gasteiger partial charge in [0.25, 0.3) is 5.91 Å². The summed E-state index contributed by atoms with van der Waals surface area (Å²) in [5.41, 5.74) is 7.06. The maximum atomic E-state index is 12.8. The van der Waals surface area contributed by atoms with E-state index in [9.17, 15) is 9.59 Å². The molecule has 22 heavy (non-hydrogen) atoms. The van der Waals surface area contributed by atoms with Gasteiger partial charge in [0, 0.05) is 31.0 Å². The van der Waals surface area contributed by atoms with Crippen molar-refractivity contribution in [1.82, 2.24) is 9.47 Å². The van der Waals surface area contributed by atoms with Crippen LogP contribution < -0.4 is 11.2 Å². The number of carbonyl (C=O) groups excluding carboxylic acids is 1. The average Bonchev–Trinajstić information content (AvgIpc) is 2.48. The van der Waals surface area contributed by atoms with Gasteiger partial charge in [0.2, 0.25) is 5.43 Å². The molecular weight excluding hydrogens is 278 g/mol. The van der Waals surface area contributed by atoms with Crippen LogP contribution in [0, 0.1) is 0 Å². The summed E-state index contributed by atoms with van der Waals surface area (Å²) >= 11 is 0. The first-order valence-corrected chi connectivity index (χ1v) is 7.64. The van der Waals surface area contributed by atoms with E-state index in [4.69, 9.17) is 5.73 Å². The van der Waals surface area contributed by atoms with Gasteiger partial charge < -0.3 is 15.2 Å².